The molecule has 0 saturated carbocycles. The molecule has 0 atom stereocenters. The topological polar surface area (TPSA) is 59.4 Å². The third-order valence-corrected chi connectivity index (χ3v) is 2.92. The van der Waals surface area contributed by atoms with Gasteiger partial charge in [-0.3, -0.25) is 0 Å². The van der Waals surface area contributed by atoms with E-state index in [0.29, 0.717) is 17.1 Å². The van der Waals surface area contributed by atoms with Crippen LogP contribution in [0.4, 0.5) is 5.69 Å². The Balaban J connectivity index is 2.47. The molecule has 3 nitrogen and oxygen atoms in total. The minimum atomic E-state index is 0.0597. The summed E-state index contributed by atoms with van der Waals surface area (Å²) in [5.74, 6) is 0. The van der Waals surface area contributed by atoms with Crippen LogP contribution in [0.1, 0.15) is 5.56 Å². The van der Waals surface area contributed by atoms with E-state index in [1.807, 2.05) is 18.2 Å². The summed E-state index contributed by atoms with van der Waals surface area (Å²) >= 11 is 6.13. The van der Waals surface area contributed by atoms with Gasteiger partial charge < -0.3 is 15.3 Å². The van der Waals surface area contributed by atoms with E-state index in [4.69, 9.17) is 26.9 Å². The molecule has 16 heavy (non-hydrogen) atoms. The van der Waals surface area contributed by atoms with Crippen LogP contribution in [0.5, 0.6) is 0 Å². The quantitative estimate of drug-likeness (QED) is 0.807. The first kappa shape index (κ1) is 11.0. The van der Waals surface area contributed by atoms with Gasteiger partial charge in [-0.25, -0.2) is 0 Å². The predicted octanol–water partition coefficient (Wildman–Crippen LogP) is 2.72. The maximum Gasteiger partial charge on any atom is 0.0981 e. The second-order valence-corrected chi connectivity index (χ2v) is 3.86. The van der Waals surface area contributed by atoms with E-state index in [2.05, 4.69) is 0 Å². The summed E-state index contributed by atoms with van der Waals surface area (Å²) in [4.78, 5) is 0. The molecule has 0 amide bonds. The highest BCUT2D eigenvalue weighted by Gasteiger charge is 2.10. The molecule has 0 aliphatic heterocycles. The van der Waals surface area contributed by atoms with Gasteiger partial charge in [0.15, 0.2) is 0 Å². The number of aliphatic hydroxyl groups excluding tert-OH is 1. The Bertz CT molecular complexity index is 480. The van der Waals surface area contributed by atoms with Crippen molar-refractivity contribution >= 4 is 17.3 Å². The highest BCUT2D eigenvalue weighted by atomic mass is 35.5. The third kappa shape index (κ3) is 1.92. The third-order valence-electron chi connectivity index (χ3n) is 2.47. The Morgan fingerprint density at radius 3 is 2.75 bits per heavy atom. The summed E-state index contributed by atoms with van der Waals surface area (Å²) < 4.78 is 5.00. The van der Waals surface area contributed by atoms with Crippen molar-refractivity contribution in [3.63, 3.8) is 0 Å². The molecule has 3 N–H and O–H groups in total. The second-order valence-electron chi connectivity index (χ2n) is 3.49. The van der Waals surface area contributed by atoms with Crippen molar-refractivity contribution in [3.8, 4) is 11.1 Å². The van der Waals surface area contributed by atoms with Crippen LogP contribution in [0.15, 0.2) is 35.1 Å². The molecule has 2 aromatic rings. The highest BCUT2D eigenvalue weighted by molar-refractivity contribution is 6.34. The van der Waals surface area contributed by atoms with Crippen molar-refractivity contribution in [3.05, 3.63) is 41.3 Å². The van der Waals surface area contributed by atoms with Crippen LogP contribution in [-0.4, -0.2) is 11.7 Å². The van der Waals surface area contributed by atoms with Gasteiger partial charge in [0.25, 0.3) is 0 Å². The molecule has 4 heteroatoms. The number of aliphatic hydroxyl groups is 1. The van der Waals surface area contributed by atoms with E-state index in [1.54, 1.807) is 12.5 Å². The minimum Gasteiger partial charge on any atom is -0.472 e. The summed E-state index contributed by atoms with van der Waals surface area (Å²) in [6, 6.07) is 5.59. The lowest BCUT2D eigenvalue weighted by Gasteiger charge is -2.09. The fraction of sp³-hybridized carbons (Fsp3) is 0.167. The zero-order chi connectivity index (χ0) is 11.5. The molecular weight excluding hydrogens is 226 g/mol. The van der Waals surface area contributed by atoms with Gasteiger partial charge in [0, 0.05) is 17.7 Å². The smallest absolute Gasteiger partial charge is 0.0981 e. The number of halogens is 1. The Kier molecular flexibility index (Phi) is 3.17. The molecule has 0 bridgehead atoms. The average Bonchev–Trinajstić information content (AvgIpc) is 2.79. The molecular formula is C12H12ClNO2. The normalized spacial score (nSPS) is 10.6. The minimum absolute atomic E-state index is 0.0597. The van der Waals surface area contributed by atoms with Crippen molar-refractivity contribution < 1.29 is 9.52 Å². The van der Waals surface area contributed by atoms with E-state index in [-0.39, 0.29) is 6.61 Å². The molecule has 0 fully saturated rings. The zero-order valence-corrected chi connectivity index (χ0v) is 9.37. The van der Waals surface area contributed by atoms with Gasteiger partial charge in [-0.2, -0.15) is 0 Å². The number of hydrogen-bond acceptors (Lipinski definition) is 3. The number of furan rings is 1. The van der Waals surface area contributed by atoms with Gasteiger partial charge in [-0.05, 0) is 18.1 Å². The molecule has 0 aliphatic carbocycles. The zero-order valence-electron chi connectivity index (χ0n) is 8.61. The molecule has 0 unspecified atom stereocenters. The van der Waals surface area contributed by atoms with E-state index in [9.17, 15) is 0 Å². The Morgan fingerprint density at radius 2 is 2.12 bits per heavy atom. The standard InChI is InChI=1S/C12H12ClNO2/c13-11-8(3-5-15)1-2-10(12(11)14)9-4-6-16-7-9/h1-2,4,6-7,15H,3,5,14H2. The lowest BCUT2D eigenvalue weighted by Crippen LogP contribution is -1.97. The summed E-state index contributed by atoms with van der Waals surface area (Å²) in [6.07, 6.45) is 3.72. The van der Waals surface area contributed by atoms with Gasteiger partial charge in [0.05, 0.1) is 23.2 Å². The Hall–Kier alpha value is -1.45. The van der Waals surface area contributed by atoms with Crippen molar-refractivity contribution in [2.75, 3.05) is 12.3 Å². The largest absolute Gasteiger partial charge is 0.472 e. The Morgan fingerprint density at radius 1 is 1.31 bits per heavy atom. The molecule has 0 spiro atoms. The predicted molar refractivity (Wildman–Crippen MR) is 64.4 cm³/mol. The fourth-order valence-corrected chi connectivity index (χ4v) is 1.88. The van der Waals surface area contributed by atoms with Crippen LogP contribution < -0.4 is 5.73 Å². The van der Waals surface area contributed by atoms with Crippen molar-refractivity contribution in [1.82, 2.24) is 0 Å². The molecule has 0 saturated heterocycles. The molecule has 2 rings (SSSR count). The van der Waals surface area contributed by atoms with Crippen molar-refractivity contribution in [2.24, 2.45) is 0 Å². The fourth-order valence-electron chi connectivity index (χ4n) is 1.62. The molecule has 1 heterocycles. The SMILES string of the molecule is Nc1c(-c2ccoc2)ccc(CCO)c1Cl. The number of benzene rings is 1. The lowest BCUT2D eigenvalue weighted by molar-refractivity contribution is 0.299. The van der Waals surface area contributed by atoms with Crippen molar-refractivity contribution in [2.45, 2.75) is 6.42 Å². The van der Waals surface area contributed by atoms with E-state index in [1.165, 1.54) is 0 Å². The van der Waals surface area contributed by atoms with Crippen molar-refractivity contribution in [1.29, 1.82) is 0 Å². The maximum absolute atomic E-state index is 8.87. The molecule has 0 aliphatic rings. The molecule has 1 aromatic heterocycles. The molecule has 0 radical (unpaired) electrons. The van der Waals surface area contributed by atoms with E-state index in [0.717, 1.165) is 16.7 Å². The first-order valence-electron chi connectivity index (χ1n) is 4.94. The number of nitrogen functional groups attached to an aromatic ring is 1. The number of anilines is 1. The maximum atomic E-state index is 8.87. The van der Waals surface area contributed by atoms with Crippen LogP contribution in [0.25, 0.3) is 11.1 Å². The Labute approximate surface area is 98.5 Å². The first-order chi connectivity index (χ1) is 7.74. The van der Waals surface area contributed by atoms with Crippen LogP contribution in [-0.2, 0) is 6.42 Å². The van der Waals surface area contributed by atoms with Crippen LogP contribution in [0.2, 0.25) is 5.02 Å². The summed E-state index contributed by atoms with van der Waals surface area (Å²) in [5, 5.41) is 9.38. The second kappa shape index (κ2) is 4.60. The van der Waals surface area contributed by atoms with Gasteiger partial charge in [-0.1, -0.05) is 23.7 Å². The molecule has 84 valence electrons. The van der Waals surface area contributed by atoms with Crippen LogP contribution in [0, 0.1) is 0 Å². The van der Waals surface area contributed by atoms with Crippen LogP contribution >= 0.6 is 11.6 Å². The van der Waals surface area contributed by atoms with Gasteiger partial charge >= 0.3 is 0 Å². The first-order valence-corrected chi connectivity index (χ1v) is 5.32. The number of rotatable bonds is 3. The van der Waals surface area contributed by atoms with Gasteiger partial charge in [0.1, 0.15) is 0 Å². The summed E-state index contributed by atoms with van der Waals surface area (Å²) in [7, 11) is 0. The highest BCUT2D eigenvalue weighted by Crippen LogP contribution is 2.34. The van der Waals surface area contributed by atoms with E-state index >= 15 is 0 Å². The van der Waals surface area contributed by atoms with E-state index < -0.39 is 0 Å². The monoisotopic (exact) mass is 237 g/mol. The lowest BCUT2D eigenvalue weighted by atomic mass is 10.0. The number of nitrogens with two attached hydrogens (primary N) is 1. The number of hydrogen-bond donors (Lipinski definition) is 2. The summed E-state index contributed by atoms with van der Waals surface area (Å²) in [5.41, 5.74) is 9.07. The average molecular weight is 238 g/mol. The summed E-state index contributed by atoms with van der Waals surface area (Å²) in [6.45, 7) is 0.0597. The van der Waals surface area contributed by atoms with Gasteiger partial charge in [-0.15, -0.1) is 0 Å². The van der Waals surface area contributed by atoms with Gasteiger partial charge in [0.2, 0.25) is 0 Å². The molecule has 1 aromatic carbocycles. The van der Waals surface area contributed by atoms with Crippen LogP contribution in [0.3, 0.4) is 0 Å².